The summed E-state index contributed by atoms with van der Waals surface area (Å²) in [7, 11) is 1.53. The summed E-state index contributed by atoms with van der Waals surface area (Å²) in [5, 5.41) is 11.5. The standard InChI is InChI=1S/C29H23N3O6/c1-16-7-10-19(32(36)37)15-22(16)31-28(34)23-24(29(31)35)26(27(33)18-8-11-20(38-2)12-9-18)30-14-13-17-5-3-4-6-21(17)25(23)30/h3-15,23-26H,1-2H3/t23-,24+,25+,26-/m0/s1. The zero-order valence-corrected chi connectivity index (χ0v) is 20.6. The molecule has 0 aromatic heterocycles. The van der Waals surface area contributed by atoms with E-state index in [1.165, 1.54) is 25.3 Å². The summed E-state index contributed by atoms with van der Waals surface area (Å²) in [6, 6.07) is 16.9. The van der Waals surface area contributed by atoms with Crippen LogP contribution in [-0.2, 0) is 9.59 Å². The van der Waals surface area contributed by atoms with Gasteiger partial charge in [0.05, 0.1) is 35.6 Å². The maximum atomic E-state index is 14.0. The molecule has 0 N–H and O–H groups in total. The summed E-state index contributed by atoms with van der Waals surface area (Å²) in [6.45, 7) is 1.69. The summed E-state index contributed by atoms with van der Waals surface area (Å²) < 4.78 is 5.21. The van der Waals surface area contributed by atoms with Crippen LogP contribution in [0.2, 0.25) is 0 Å². The summed E-state index contributed by atoms with van der Waals surface area (Å²) in [4.78, 5) is 55.8. The second-order valence-electron chi connectivity index (χ2n) is 9.67. The number of nitrogens with zero attached hydrogens (tertiary/aromatic N) is 3. The number of amides is 2. The van der Waals surface area contributed by atoms with Crippen molar-refractivity contribution in [2.24, 2.45) is 11.8 Å². The number of ketones is 1. The number of benzene rings is 3. The molecule has 0 spiro atoms. The van der Waals surface area contributed by atoms with Crippen LogP contribution in [0.5, 0.6) is 5.75 Å². The lowest BCUT2D eigenvalue weighted by atomic mass is 9.83. The van der Waals surface area contributed by atoms with E-state index in [1.807, 2.05) is 35.2 Å². The molecule has 190 valence electrons. The molecule has 0 radical (unpaired) electrons. The van der Waals surface area contributed by atoms with Gasteiger partial charge in [0.15, 0.2) is 5.78 Å². The van der Waals surface area contributed by atoms with E-state index in [1.54, 1.807) is 37.4 Å². The van der Waals surface area contributed by atoms with E-state index in [-0.39, 0.29) is 17.2 Å². The number of hydrogen-bond acceptors (Lipinski definition) is 7. The second kappa shape index (κ2) is 8.65. The Labute approximate surface area is 218 Å². The van der Waals surface area contributed by atoms with Crippen LogP contribution in [0.4, 0.5) is 11.4 Å². The van der Waals surface area contributed by atoms with Gasteiger partial charge in [0, 0.05) is 23.9 Å². The number of rotatable bonds is 5. The smallest absolute Gasteiger partial charge is 0.271 e. The largest absolute Gasteiger partial charge is 0.497 e. The normalized spacial score (nSPS) is 23.2. The number of anilines is 1. The molecule has 0 saturated carbocycles. The first-order chi connectivity index (χ1) is 18.3. The van der Waals surface area contributed by atoms with Gasteiger partial charge in [0.2, 0.25) is 11.8 Å². The summed E-state index contributed by atoms with van der Waals surface area (Å²) in [5.74, 6) is -2.48. The quantitative estimate of drug-likeness (QED) is 0.218. The van der Waals surface area contributed by atoms with Gasteiger partial charge in [0.25, 0.3) is 5.69 Å². The Morgan fingerprint density at radius 3 is 2.39 bits per heavy atom. The highest BCUT2D eigenvalue weighted by Gasteiger charge is 2.64. The van der Waals surface area contributed by atoms with Crippen molar-refractivity contribution in [1.29, 1.82) is 0 Å². The Hall–Kier alpha value is -4.79. The van der Waals surface area contributed by atoms with Crippen LogP contribution >= 0.6 is 0 Å². The lowest BCUT2D eigenvalue weighted by Crippen LogP contribution is -2.44. The number of imide groups is 1. The lowest BCUT2D eigenvalue weighted by molar-refractivity contribution is -0.384. The van der Waals surface area contributed by atoms with Crippen LogP contribution < -0.4 is 9.64 Å². The van der Waals surface area contributed by atoms with Crippen LogP contribution in [0, 0.1) is 28.9 Å². The van der Waals surface area contributed by atoms with Gasteiger partial charge in [-0.1, -0.05) is 30.3 Å². The monoisotopic (exact) mass is 509 g/mol. The maximum Gasteiger partial charge on any atom is 0.271 e. The molecule has 9 heteroatoms. The first-order valence-electron chi connectivity index (χ1n) is 12.2. The molecule has 0 bridgehead atoms. The number of nitro benzene ring substituents is 1. The highest BCUT2D eigenvalue weighted by Crippen LogP contribution is 2.54. The minimum absolute atomic E-state index is 0.172. The van der Waals surface area contributed by atoms with Crippen molar-refractivity contribution in [3.05, 3.63) is 105 Å². The average Bonchev–Trinajstić information content (AvgIpc) is 3.41. The number of Topliss-reactive ketones (excluding diaryl/α,β-unsaturated/α-hetero) is 1. The minimum Gasteiger partial charge on any atom is -0.497 e. The Bertz CT molecular complexity index is 1550. The molecule has 2 saturated heterocycles. The zero-order valence-electron chi connectivity index (χ0n) is 20.6. The topological polar surface area (TPSA) is 110 Å². The van der Waals surface area contributed by atoms with Gasteiger partial charge in [-0.15, -0.1) is 0 Å². The van der Waals surface area contributed by atoms with Crippen LogP contribution in [-0.4, -0.2) is 40.6 Å². The average molecular weight is 510 g/mol. The lowest BCUT2D eigenvalue weighted by Gasteiger charge is -2.35. The van der Waals surface area contributed by atoms with Crippen molar-refractivity contribution in [2.75, 3.05) is 12.0 Å². The third-order valence-corrected chi connectivity index (χ3v) is 7.75. The molecule has 3 heterocycles. The van der Waals surface area contributed by atoms with Crippen LogP contribution in [0.1, 0.15) is 33.1 Å². The molecule has 2 amide bonds. The fourth-order valence-electron chi connectivity index (χ4n) is 5.97. The summed E-state index contributed by atoms with van der Waals surface area (Å²) in [5.41, 5.74) is 2.67. The SMILES string of the molecule is COc1ccc(C(=O)[C@@H]2[C@@H]3C(=O)N(c4cc([N+](=O)[O-])ccc4C)C(=O)[C@@H]3[C@H]3c4ccccc4C=CN23)cc1. The first kappa shape index (κ1) is 23.6. The van der Waals surface area contributed by atoms with Crippen molar-refractivity contribution in [3.63, 3.8) is 0 Å². The van der Waals surface area contributed by atoms with Crippen LogP contribution in [0.15, 0.2) is 72.9 Å². The molecule has 0 aliphatic carbocycles. The number of hydrogen-bond donors (Lipinski definition) is 0. The molecule has 4 atom stereocenters. The van der Waals surface area contributed by atoms with Crippen molar-refractivity contribution in [2.45, 2.75) is 19.0 Å². The van der Waals surface area contributed by atoms with Crippen molar-refractivity contribution in [1.82, 2.24) is 4.90 Å². The molecule has 3 aliphatic rings. The Morgan fingerprint density at radius 1 is 0.974 bits per heavy atom. The molecule has 3 aromatic carbocycles. The number of ether oxygens (including phenoxy) is 1. The van der Waals surface area contributed by atoms with E-state index < -0.39 is 40.7 Å². The van der Waals surface area contributed by atoms with Gasteiger partial charge in [-0.25, -0.2) is 4.90 Å². The molecule has 2 fully saturated rings. The fraction of sp³-hybridized carbons (Fsp3) is 0.207. The first-order valence-corrected chi connectivity index (χ1v) is 12.2. The van der Waals surface area contributed by atoms with E-state index in [9.17, 15) is 24.5 Å². The van der Waals surface area contributed by atoms with Crippen LogP contribution in [0.25, 0.3) is 6.08 Å². The van der Waals surface area contributed by atoms with E-state index in [0.29, 0.717) is 16.9 Å². The van der Waals surface area contributed by atoms with E-state index in [2.05, 4.69) is 0 Å². The second-order valence-corrected chi connectivity index (χ2v) is 9.67. The van der Waals surface area contributed by atoms with Gasteiger partial charge in [-0.05, 0) is 54.0 Å². The number of carbonyl (C=O) groups excluding carboxylic acids is 3. The summed E-state index contributed by atoms with van der Waals surface area (Å²) >= 11 is 0. The van der Waals surface area contributed by atoms with Crippen molar-refractivity contribution < 1.29 is 24.0 Å². The third kappa shape index (κ3) is 3.35. The molecular weight excluding hydrogens is 486 g/mol. The van der Waals surface area contributed by atoms with Gasteiger partial charge >= 0.3 is 0 Å². The van der Waals surface area contributed by atoms with Gasteiger partial charge in [-0.3, -0.25) is 24.5 Å². The number of methoxy groups -OCH3 is 1. The number of non-ortho nitro benzene ring substituents is 1. The zero-order chi connectivity index (χ0) is 26.7. The number of fused-ring (bicyclic) bond motifs is 5. The highest BCUT2D eigenvalue weighted by atomic mass is 16.6. The van der Waals surface area contributed by atoms with Gasteiger partial charge in [-0.2, -0.15) is 0 Å². The molecule has 0 unspecified atom stereocenters. The maximum absolute atomic E-state index is 14.0. The molecule has 3 aliphatic heterocycles. The van der Waals surface area contributed by atoms with Crippen molar-refractivity contribution in [3.8, 4) is 5.75 Å². The van der Waals surface area contributed by atoms with Crippen LogP contribution in [0.3, 0.4) is 0 Å². The van der Waals surface area contributed by atoms with Crippen molar-refractivity contribution >= 4 is 35.0 Å². The number of aryl methyl sites for hydroxylation is 1. The van der Waals surface area contributed by atoms with E-state index >= 15 is 0 Å². The number of carbonyl (C=O) groups is 3. The molecule has 38 heavy (non-hydrogen) atoms. The minimum atomic E-state index is -0.962. The fourth-order valence-corrected chi connectivity index (χ4v) is 5.97. The van der Waals surface area contributed by atoms with Gasteiger partial charge in [0.1, 0.15) is 11.8 Å². The Morgan fingerprint density at radius 2 is 1.68 bits per heavy atom. The molecular formula is C29H23N3O6. The Kier molecular flexibility index (Phi) is 5.37. The van der Waals surface area contributed by atoms with E-state index in [0.717, 1.165) is 16.0 Å². The molecule has 3 aromatic rings. The third-order valence-electron chi connectivity index (χ3n) is 7.75. The molecule has 6 rings (SSSR count). The van der Waals surface area contributed by atoms with E-state index in [4.69, 9.17) is 4.74 Å². The Balaban J connectivity index is 1.49. The summed E-state index contributed by atoms with van der Waals surface area (Å²) in [6.07, 6.45) is 3.68. The van der Waals surface area contributed by atoms with Gasteiger partial charge < -0.3 is 9.64 Å². The highest BCUT2D eigenvalue weighted by molar-refractivity contribution is 6.25. The number of nitro groups is 1. The predicted molar refractivity (Wildman–Crippen MR) is 138 cm³/mol. The molecule has 9 nitrogen and oxygen atoms in total. The predicted octanol–water partition coefficient (Wildman–Crippen LogP) is 4.31.